The van der Waals surface area contributed by atoms with Crippen molar-refractivity contribution in [3.05, 3.63) is 22.3 Å². The lowest BCUT2D eigenvalue weighted by atomic mass is 9.65. The number of phenolic OH excluding ortho intramolecular Hbond substituents is 1. The molecule has 48 heavy (non-hydrogen) atoms. The molecule has 0 saturated carbocycles. The first-order chi connectivity index (χ1) is 22.2. The second kappa shape index (κ2) is 18.7. The van der Waals surface area contributed by atoms with Crippen LogP contribution in [-0.4, -0.2) is 31.6 Å². The maximum atomic E-state index is 12.2. The first-order valence-electron chi connectivity index (χ1n) is 19.0. The summed E-state index contributed by atoms with van der Waals surface area (Å²) in [6, 6.07) is 0. The molecule has 5 nitrogen and oxygen atoms in total. The molecule has 0 fully saturated rings. The molecule has 0 atom stereocenters. The Morgan fingerprint density at radius 3 is 1.15 bits per heavy atom. The fraction of sp³-hybridized carbons (Fsp3) is 0.780. The Labute approximate surface area is 304 Å². The van der Waals surface area contributed by atoms with Crippen molar-refractivity contribution < 1.29 is 5.11 Å². The second-order valence-corrected chi connectivity index (χ2v) is 19.9. The summed E-state index contributed by atoms with van der Waals surface area (Å²) >= 11 is 3.51. The molecule has 0 bridgehead atoms. The molecule has 0 radical (unpaired) electrons. The molecule has 7 heteroatoms. The molecule has 0 aliphatic rings. The fourth-order valence-corrected chi connectivity index (χ4v) is 8.27. The van der Waals surface area contributed by atoms with Gasteiger partial charge in [-0.05, 0) is 45.6 Å². The van der Waals surface area contributed by atoms with Gasteiger partial charge in [0.2, 0.25) is 5.95 Å². The molecule has 2 aromatic rings. The van der Waals surface area contributed by atoms with E-state index in [4.69, 9.17) is 15.0 Å². The lowest BCUT2D eigenvalue weighted by Gasteiger charge is -2.41. The number of aromatic hydroxyl groups is 1. The molecule has 274 valence electrons. The number of nitrogens with zero attached hydrogens (tertiary/aromatic N) is 3. The molecule has 2 N–H and O–H groups in total. The number of thioether (sulfide) groups is 2. The van der Waals surface area contributed by atoms with E-state index >= 15 is 0 Å². The number of benzene rings is 1. The Kier molecular flexibility index (Phi) is 16.6. The molecule has 0 aliphatic carbocycles. The van der Waals surface area contributed by atoms with Crippen LogP contribution in [0.3, 0.4) is 0 Å². The molecule has 0 saturated heterocycles. The van der Waals surface area contributed by atoms with Gasteiger partial charge in [0.1, 0.15) is 5.75 Å². The van der Waals surface area contributed by atoms with E-state index in [9.17, 15) is 5.11 Å². The number of nitrogens with one attached hydrogen (secondary N) is 1. The van der Waals surface area contributed by atoms with Gasteiger partial charge in [0.15, 0.2) is 10.3 Å². The molecule has 1 heterocycles. The summed E-state index contributed by atoms with van der Waals surface area (Å²) in [6.07, 6.45) is 15.3. The van der Waals surface area contributed by atoms with Crippen LogP contribution in [0.25, 0.3) is 0 Å². The van der Waals surface area contributed by atoms with Crippen molar-refractivity contribution in [2.24, 2.45) is 0 Å². The lowest BCUT2D eigenvalue weighted by Crippen LogP contribution is -2.31. The summed E-state index contributed by atoms with van der Waals surface area (Å²) in [7, 11) is 0. The SMILES string of the molecule is CCCCCCCCSc1nc(Nc2c(C(C)(C)C)c(C(C)(C)C)c(O)c(C(C)(C)C)c2C(C)(C)C)nc(SCCCCCCCC)n1. The third-order valence-electron chi connectivity index (χ3n) is 8.76. The zero-order chi connectivity index (χ0) is 36.3. The number of unbranched alkanes of at least 4 members (excludes halogenated alkanes) is 10. The third-order valence-corrected chi connectivity index (χ3v) is 10.6. The average molecular weight is 701 g/mol. The molecule has 0 spiro atoms. The topological polar surface area (TPSA) is 70.9 Å². The lowest BCUT2D eigenvalue weighted by molar-refractivity contribution is 0.406. The maximum Gasteiger partial charge on any atom is 0.232 e. The van der Waals surface area contributed by atoms with Crippen LogP contribution in [0.15, 0.2) is 10.3 Å². The number of phenols is 1. The van der Waals surface area contributed by atoms with Gasteiger partial charge in [-0.3, -0.25) is 0 Å². The molecule has 0 aliphatic heterocycles. The predicted molar refractivity (Wildman–Crippen MR) is 214 cm³/mol. The number of anilines is 2. The Morgan fingerprint density at radius 1 is 0.479 bits per heavy atom. The predicted octanol–water partition coefficient (Wildman–Crippen LogP) is 13.4. The fourth-order valence-electron chi connectivity index (χ4n) is 6.55. The normalized spacial score (nSPS) is 13.0. The molecule has 0 amide bonds. The quantitative estimate of drug-likeness (QED) is 0.0911. The number of hydrogen-bond donors (Lipinski definition) is 2. The van der Waals surface area contributed by atoms with Crippen molar-refractivity contribution in [2.45, 2.75) is 206 Å². The summed E-state index contributed by atoms with van der Waals surface area (Å²) < 4.78 is 0. The minimum absolute atomic E-state index is 0.253. The Bertz CT molecular complexity index is 1190. The second-order valence-electron chi connectivity index (χ2n) is 17.8. The van der Waals surface area contributed by atoms with Gasteiger partial charge in [0.05, 0.1) is 0 Å². The van der Waals surface area contributed by atoms with E-state index in [0.29, 0.717) is 11.7 Å². The van der Waals surface area contributed by atoms with Gasteiger partial charge in [0, 0.05) is 28.3 Å². The van der Waals surface area contributed by atoms with E-state index in [1.54, 1.807) is 23.5 Å². The molecule has 0 unspecified atom stereocenters. The summed E-state index contributed by atoms with van der Waals surface area (Å²) in [5.74, 6) is 3.05. The smallest absolute Gasteiger partial charge is 0.232 e. The van der Waals surface area contributed by atoms with Gasteiger partial charge >= 0.3 is 0 Å². The Balaban J connectivity index is 2.69. The van der Waals surface area contributed by atoms with Gasteiger partial charge < -0.3 is 10.4 Å². The first kappa shape index (κ1) is 42.7. The highest BCUT2D eigenvalue weighted by Crippen LogP contribution is 2.53. The summed E-state index contributed by atoms with van der Waals surface area (Å²) in [5.41, 5.74) is 4.23. The number of aromatic nitrogens is 3. The van der Waals surface area contributed by atoms with Crippen LogP contribution in [0.5, 0.6) is 5.75 Å². The molecular weight excluding hydrogens is 629 g/mol. The maximum absolute atomic E-state index is 12.2. The van der Waals surface area contributed by atoms with Crippen LogP contribution < -0.4 is 5.32 Å². The van der Waals surface area contributed by atoms with E-state index < -0.39 is 0 Å². The minimum Gasteiger partial charge on any atom is -0.507 e. The van der Waals surface area contributed by atoms with E-state index in [2.05, 4.69) is 102 Å². The average Bonchev–Trinajstić information content (AvgIpc) is 2.94. The molecule has 2 rings (SSSR count). The van der Waals surface area contributed by atoms with Crippen LogP contribution in [0, 0.1) is 0 Å². The highest BCUT2D eigenvalue weighted by Gasteiger charge is 2.40. The van der Waals surface area contributed by atoms with Crippen molar-refractivity contribution in [1.82, 2.24) is 15.0 Å². The van der Waals surface area contributed by atoms with Crippen LogP contribution in [0.4, 0.5) is 11.6 Å². The standard InChI is InChI=1S/C41H72N4OS2/c1-15-17-19-21-23-25-27-47-36-43-35(44-37(45-36)48-28-26-24-22-20-18-16-2)42-33-29(38(3,4)5)31(40(9,10)11)34(46)32(41(12,13)14)30(33)39(6,7)8/h46H,15-28H2,1-14H3,(H,42,43,44,45). The first-order valence-corrected chi connectivity index (χ1v) is 20.9. The van der Waals surface area contributed by atoms with Gasteiger partial charge in [-0.2, -0.15) is 15.0 Å². The van der Waals surface area contributed by atoms with E-state index in [-0.39, 0.29) is 21.7 Å². The van der Waals surface area contributed by atoms with Gasteiger partial charge in [-0.15, -0.1) is 0 Å². The zero-order valence-electron chi connectivity index (χ0n) is 33.5. The van der Waals surface area contributed by atoms with Crippen molar-refractivity contribution in [3.8, 4) is 5.75 Å². The molecule has 1 aromatic heterocycles. The van der Waals surface area contributed by atoms with Gasteiger partial charge in [-0.1, -0.05) is 185 Å². The number of hydrogen-bond acceptors (Lipinski definition) is 7. The highest BCUT2D eigenvalue weighted by atomic mass is 32.2. The minimum atomic E-state index is -0.283. The van der Waals surface area contributed by atoms with Gasteiger partial charge in [0.25, 0.3) is 0 Å². The van der Waals surface area contributed by atoms with Crippen molar-refractivity contribution in [2.75, 3.05) is 16.8 Å². The number of rotatable bonds is 18. The largest absolute Gasteiger partial charge is 0.507 e. The molecule has 1 aromatic carbocycles. The Morgan fingerprint density at radius 2 is 0.812 bits per heavy atom. The van der Waals surface area contributed by atoms with Crippen LogP contribution in [0.2, 0.25) is 0 Å². The molecular formula is C41H72N4OS2. The summed E-state index contributed by atoms with van der Waals surface area (Å²) in [6.45, 7) is 31.3. The van der Waals surface area contributed by atoms with Crippen molar-refractivity contribution in [3.63, 3.8) is 0 Å². The summed E-state index contributed by atoms with van der Waals surface area (Å²) in [5, 5.41) is 17.7. The Hall–Kier alpha value is -1.47. The van der Waals surface area contributed by atoms with Crippen molar-refractivity contribution in [1.29, 1.82) is 0 Å². The zero-order valence-corrected chi connectivity index (χ0v) is 35.1. The van der Waals surface area contributed by atoms with E-state index in [0.717, 1.165) is 49.8 Å². The van der Waals surface area contributed by atoms with E-state index in [1.807, 2.05) is 0 Å². The summed E-state index contributed by atoms with van der Waals surface area (Å²) in [4.78, 5) is 15.1. The third kappa shape index (κ3) is 13.0. The van der Waals surface area contributed by atoms with Crippen LogP contribution >= 0.6 is 23.5 Å². The highest BCUT2D eigenvalue weighted by molar-refractivity contribution is 7.99. The van der Waals surface area contributed by atoms with E-state index in [1.165, 1.54) is 77.0 Å². The van der Waals surface area contributed by atoms with Gasteiger partial charge in [-0.25, -0.2) is 0 Å². The monoisotopic (exact) mass is 701 g/mol. The van der Waals surface area contributed by atoms with Crippen LogP contribution in [-0.2, 0) is 21.7 Å². The van der Waals surface area contributed by atoms with Crippen LogP contribution in [0.1, 0.15) is 196 Å². The van der Waals surface area contributed by atoms with Crippen molar-refractivity contribution >= 4 is 35.2 Å².